The number of hydrogen-bond acceptors (Lipinski definition) is 7. The third-order valence-electron chi connectivity index (χ3n) is 4.69. The van der Waals surface area contributed by atoms with Gasteiger partial charge in [-0.3, -0.25) is 9.59 Å². The second kappa shape index (κ2) is 8.58. The first-order valence-corrected chi connectivity index (χ1v) is 10.3. The van der Waals surface area contributed by atoms with Gasteiger partial charge in [-0.1, -0.05) is 6.07 Å². The Hall–Kier alpha value is -3.87. The highest BCUT2D eigenvalue weighted by Crippen LogP contribution is 2.33. The lowest BCUT2D eigenvalue weighted by molar-refractivity contribution is -0.138. The maximum atomic E-state index is 13.1. The predicted octanol–water partition coefficient (Wildman–Crippen LogP) is 3.33. The molecule has 0 fully saturated rings. The average molecular weight is 475 g/mol. The van der Waals surface area contributed by atoms with Crippen LogP contribution in [0.2, 0.25) is 0 Å². The Morgan fingerprint density at radius 2 is 1.91 bits per heavy atom. The minimum atomic E-state index is -4.52. The summed E-state index contributed by atoms with van der Waals surface area (Å²) in [5, 5.41) is 5.53. The van der Waals surface area contributed by atoms with E-state index < -0.39 is 23.6 Å². The molecule has 0 bridgehead atoms. The summed E-state index contributed by atoms with van der Waals surface area (Å²) < 4.78 is 40.9. The summed E-state index contributed by atoms with van der Waals surface area (Å²) in [4.78, 5) is 41.4. The fraction of sp³-hybridized carbons (Fsp3) is 0.200. The molecule has 0 aliphatic rings. The Morgan fingerprint density at radius 1 is 1.12 bits per heavy atom. The number of hydrogen-bond donors (Lipinski definition) is 2. The molecule has 2 amide bonds. The van der Waals surface area contributed by atoms with Crippen LogP contribution in [0.1, 0.15) is 36.3 Å². The lowest BCUT2D eigenvalue weighted by Crippen LogP contribution is -2.24. The van der Waals surface area contributed by atoms with Gasteiger partial charge in [0.25, 0.3) is 11.8 Å². The monoisotopic (exact) mass is 475 g/mol. The molecule has 0 atom stereocenters. The Labute approximate surface area is 188 Å². The van der Waals surface area contributed by atoms with E-state index in [1.807, 2.05) is 0 Å². The summed E-state index contributed by atoms with van der Waals surface area (Å²) in [5.74, 6) is -1.09. The van der Waals surface area contributed by atoms with Crippen LogP contribution in [-0.4, -0.2) is 36.3 Å². The number of rotatable bonds is 5. The number of amides is 2. The molecule has 0 saturated heterocycles. The van der Waals surface area contributed by atoms with Crippen molar-refractivity contribution in [3.05, 3.63) is 63.8 Å². The van der Waals surface area contributed by atoms with Gasteiger partial charge >= 0.3 is 6.18 Å². The van der Waals surface area contributed by atoms with Crippen LogP contribution in [0.3, 0.4) is 0 Å². The number of fused-ring (bicyclic) bond motifs is 1. The fourth-order valence-electron chi connectivity index (χ4n) is 3.05. The highest BCUT2D eigenvalue weighted by Gasteiger charge is 2.32. The molecule has 33 heavy (non-hydrogen) atoms. The maximum Gasteiger partial charge on any atom is 0.416 e. The van der Waals surface area contributed by atoms with E-state index in [1.54, 1.807) is 11.6 Å². The summed E-state index contributed by atoms with van der Waals surface area (Å²) in [6.07, 6.45) is -0.444. The van der Waals surface area contributed by atoms with Crippen LogP contribution >= 0.6 is 11.3 Å². The summed E-state index contributed by atoms with van der Waals surface area (Å²) in [6.45, 7) is 1.37. The van der Waals surface area contributed by atoms with Gasteiger partial charge < -0.3 is 15.2 Å². The number of carbonyl (C=O) groups excluding carboxylic acids is 2. The number of aromatic nitrogens is 5. The summed E-state index contributed by atoms with van der Waals surface area (Å²) in [7, 11) is 1.74. The van der Waals surface area contributed by atoms with Crippen molar-refractivity contribution in [3.8, 4) is 0 Å². The van der Waals surface area contributed by atoms with Gasteiger partial charge in [0, 0.05) is 12.7 Å². The summed E-state index contributed by atoms with van der Waals surface area (Å²) in [5.41, 5.74) is 0.225. The van der Waals surface area contributed by atoms with Gasteiger partial charge in [-0.05, 0) is 24.6 Å². The van der Waals surface area contributed by atoms with Crippen LogP contribution in [0.5, 0.6) is 0 Å². The zero-order chi connectivity index (χ0) is 23.8. The number of anilines is 1. The highest BCUT2D eigenvalue weighted by molar-refractivity contribution is 7.13. The first-order chi connectivity index (χ1) is 15.6. The van der Waals surface area contributed by atoms with Gasteiger partial charge in [0.15, 0.2) is 11.3 Å². The number of halogens is 3. The highest BCUT2D eigenvalue weighted by atomic mass is 32.1. The zero-order valence-corrected chi connectivity index (χ0v) is 18.1. The van der Waals surface area contributed by atoms with Gasteiger partial charge in [0.05, 0.1) is 24.6 Å². The second-order valence-electron chi connectivity index (χ2n) is 7.03. The Bertz CT molecular complexity index is 1360. The molecule has 4 aromatic rings. The van der Waals surface area contributed by atoms with Gasteiger partial charge in [-0.2, -0.15) is 13.2 Å². The Balaban J connectivity index is 1.42. The maximum absolute atomic E-state index is 13.1. The van der Waals surface area contributed by atoms with Crippen molar-refractivity contribution in [1.82, 2.24) is 29.8 Å². The van der Waals surface area contributed by atoms with E-state index in [1.165, 1.54) is 37.9 Å². The van der Waals surface area contributed by atoms with Gasteiger partial charge in [-0.25, -0.2) is 19.9 Å². The molecule has 13 heteroatoms. The van der Waals surface area contributed by atoms with E-state index in [4.69, 9.17) is 0 Å². The Kier molecular flexibility index (Phi) is 5.80. The second-order valence-corrected chi connectivity index (χ2v) is 8.15. The molecular formula is C20H16F3N7O2S. The zero-order valence-electron chi connectivity index (χ0n) is 17.3. The molecule has 170 valence electrons. The lowest BCUT2D eigenvalue weighted by Gasteiger charge is -2.12. The van der Waals surface area contributed by atoms with Crippen LogP contribution < -0.4 is 10.6 Å². The largest absolute Gasteiger partial charge is 0.416 e. The SMILES string of the molecule is Cc1ccc(NC(=O)c2cnc(CNC(=O)c3ncnc4c3ncn4C)s2)cc1C(F)(F)F. The van der Waals surface area contributed by atoms with Gasteiger partial charge in [0.1, 0.15) is 21.7 Å². The molecular weight excluding hydrogens is 459 g/mol. The van der Waals surface area contributed by atoms with E-state index in [0.717, 1.165) is 17.4 Å². The minimum absolute atomic E-state index is 0.0179. The fourth-order valence-corrected chi connectivity index (χ4v) is 3.80. The van der Waals surface area contributed by atoms with Crippen molar-refractivity contribution < 1.29 is 22.8 Å². The van der Waals surface area contributed by atoms with Crippen LogP contribution in [-0.2, 0) is 19.8 Å². The number of thiazole rings is 1. The van der Waals surface area contributed by atoms with E-state index in [0.29, 0.717) is 16.2 Å². The number of aryl methyl sites for hydroxylation is 2. The van der Waals surface area contributed by atoms with Crippen molar-refractivity contribution in [2.75, 3.05) is 5.32 Å². The van der Waals surface area contributed by atoms with Crippen LogP contribution in [0.4, 0.5) is 18.9 Å². The molecule has 9 nitrogen and oxygen atoms in total. The van der Waals surface area contributed by atoms with Gasteiger partial charge in [0.2, 0.25) is 0 Å². The third kappa shape index (κ3) is 4.67. The van der Waals surface area contributed by atoms with Crippen molar-refractivity contribution in [2.45, 2.75) is 19.6 Å². The van der Waals surface area contributed by atoms with Crippen molar-refractivity contribution in [1.29, 1.82) is 0 Å². The molecule has 3 aromatic heterocycles. The predicted molar refractivity (Wildman–Crippen MR) is 114 cm³/mol. The number of benzene rings is 1. The number of imidazole rings is 1. The molecule has 0 aliphatic carbocycles. The van der Waals surface area contributed by atoms with Crippen molar-refractivity contribution in [3.63, 3.8) is 0 Å². The molecule has 0 saturated carbocycles. The van der Waals surface area contributed by atoms with E-state index in [2.05, 4.69) is 30.6 Å². The molecule has 0 aliphatic heterocycles. The average Bonchev–Trinajstić information content (AvgIpc) is 3.40. The quantitative estimate of drug-likeness (QED) is 0.458. The summed E-state index contributed by atoms with van der Waals surface area (Å²) >= 11 is 1.01. The van der Waals surface area contributed by atoms with E-state index in [9.17, 15) is 22.8 Å². The molecule has 0 spiro atoms. The molecule has 4 rings (SSSR count). The molecule has 0 unspecified atom stereocenters. The van der Waals surface area contributed by atoms with Crippen LogP contribution in [0, 0.1) is 6.92 Å². The third-order valence-corrected chi connectivity index (χ3v) is 5.69. The topological polar surface area (TPSA) is 115 Å². The van der Waals surface area contributed by atoms with E-state index in [-0.39, 0.29) is 28.4 Å². The first kappa shape index (κ1) is 22.3. The van der Waals surface area contributed by atoms with Crippen molar-refractivity contribution in [2.24, 2.45) is 7.05 Å². The normalized spacial score (nSPS) is 11.5. The van der Waals surface area contributed by atoms with Crippen LogP contribution in [0.15, 0.2) is 37.1 Å². The number of nitrogens with one attached hydrogen (secondary N) is 2. The Morgan fingerprint density at radius 3 is 2.67 bits per heavy atom. The lowest BCUT2D eigenvalue weighted by atomic mass is 10.1. The molecule has 0 radical (unpaired) electrons. The molecule has 2 N–H and O–H groups in total. The smallest absolute Gasteiger partial charge is 0.344 e. The number of nitrogens with zero attached hydrogens (tertiary/aromatic N) is 5. The molecule has 3 heterocycles. The first-order valence-electron chi connectivity index (χ1n) is 9.47. The van der Waals surface area contributed by atoms with Crippen molar-refractivity contribution >= 4 is 40.0 Å². The van der Waals surface area contributed by atoms with Gasteiger partial charge in [-0.15, -0.1) is 11.3 Å². The van der Waals surface area contributed by atoms with Crippen LogP contribution in [0.25, 0.3) is 11.2 Å². The standard InChI is InChI=1S/C20H16F3N7O2S/c1-10-3-4-11(5-12(10)20(21,22)23)29-18(31)13-6-24-14(33-13)7-25-19(32)16-15-17(27-8-26-16)30(2)9-28-15/h3-6,8-9H,7H2,1-2H3,(H,25,32)(H,29,31). The number of alkyl halides is 3. The number of carbonyl (C=O) groups is 2. The van der Waals surface area contributed by atoms with E-state index >= 15 is 0 Å². The molecule has 1 aromatic carbocycles. The summed E-state index contributed by atoms with van der Waals surface area (Å²) in [6, 6.07) is 3.57. The minimum Gasteiger partial charge on any atom is -0.344 e.